The first-order valence-electron chi connectivity index (χ1n) is 15.0. The molecular formula is C34H43N7O5S. The lowest BCUT2D eigenvalue weighted by Crippen LogP contribution is -2.37. The zero-order valence-electron chi connectivity index (χ0n) is 28.3. The minimum Gasteiger partial charge on any atom is -0.492 e. The van der Waals surface area contributed by atoms with Crippen molar-refractivity contribution in [1.82, 2.24) is 24.8 Å². The van der Waals surface area contributed by atoms with E-state index in [0.717, 1.165) is 22.9 Å². The van der Waals surface area contributed by atoms with Crippen LogP contribution in [0.1, 0.15) is 64.3 Å². The maximum Gasteiger partial charge on any atom is 0.276 e. The van der Waals surface area contributed by atoms with E-state index in [1.165, 1.54) is 11.8 Å². The Hall–Kier alpha value is -4.75. The Labute approximate surface area is 276 Å². The molecule has 1 aromatic heterocycles. The summed E-state index contributed by atoms with van der Waals surface area (Å²) in [4.78, 5) is 30.9. The number of carbonyl (C=O) groups excluding carboxylic acids is 2. The molecule has 1 unspecified atom stereocenters. The van der Waals surface area contributed by atoms with Gasteiger partial charge < -0.3 is 19.9 Å². The van der Waals surface area contributed by atoms with Crippen molar-refractivity contribution in [2.75, 3.05) is 51.1 Å². The van der Waals surface area contributed by atoms with E-state index in [1.807, 2.05) is 77.0 Å². The number of hydrogen-bond acceptors (Lipinski definition) is 8. The van der Waals surface area contributed by atoms with Gasteiger partial charge in [-0.3, -0.25) is 14.3 Å². The summed E-state index contributed by atoms with van der Waals surface area (Å²) < 4.78 is 33.8. The Morgan fingerprint density at radius 2 is 1.66 bits per heavy atom. The number of rotatable bonds is 11. The van der Waals surface area contributed by atoms with Gasteiger partial charge in [0.05, 0.1) is 42.7 Å². The van der Waals surface area contributed by atoms with Gasteiger partial charge in [-0.05, 0) is 67.4 Å². The van der Waals surface area contributed by atoms with Crippen LogP contribution in [0.5, 0.6) is 5.75 Å². The smallest absolute Gasteiger partial charge is 0.276 e. The van der Waals surface area contributed by atoms with Crippen LogP contribution >= 0.6 is 0 Å². The fourth-order valence-electron chi connectivity index (χ4n) is 5.12. The van der Waals surface area contributed by atoms with Gasteiger partial charge in [0.15, 0.2) is 11.4 Å². The molecule has 1 atom stereocenters. The Kier molecular flexibility index (Phi) is 10.4. The lowest BCUT2D eigenvalue weighted by molar-refractivity contribution is 0.0699. The molecule has 2 N–H and O–H groups in total. The molecule has 12 nitrogen and oxygen atoms in total. The Morgan fingerprint density at radius 3 is 2.26 bits per heavy atom. The normalized spacial score (nSPS) is 12.5. The number of aryl methyl sites for hydroxylation is 1. The summed E-state index contributed by atoms with van der Waals surface area (Å²) in [5, 5.41) is 11.3. The number of nitrogens with one attached hydrogen (secondary N) is 2. The molecule has 0 spiro atoms. The highest BCUT2D eigenvalue weighted by Gasteiger charge is 2.26. The first kappa shape index (κ1) is 35.1. The van der Waals surface area contributed by atoms with E-state index in [2.05, 4.69) is 20.4 Å². The van der Waals surface area contributed by atoms with Gasteiger partial charge in [-0.1, -0.05) is 62.4 Å². The molecule has 2 amide bonds. The quantitative estimate of drug-likeness (QED) is 0.232. The summed E-state index contributed by atoms with van der Waals surface area (Å²) in [5.74, 6) is -0.565. The standard InChI is InChI=1S/C34H43N7O5S/c1-22-15-16-24(32(42)35-26-18-25(34(2,3)4)19-27(31(26)46-8)37-47(9,44)45)17-29(22)41-20-28(36-38-41)33(43)40(7)30(21-39(5)6)23-13-11-10-12-14-23/h10-20,30,37H,21H2,1-9H3,(H,35,42). The van der Waals surface area contributed by atoms with Crippen molar-refractivity contribution < 1.29 is 22.7 Å². The first-order valence-corrected chi connectivity index (χ1v) is 16.9. The number of sulfonamides is 1. The van der Waals surface area contributed by atoms with E-state index in [-0.39, 0.29) is 34.5 Å². The van der Waals surface area contributed by atoms with E-state index in [4.69, 9.17) is 4.74 Å². The molecule has 4 aromatic rings. The number of likely N-dealkylation sites (N-methyl/N-ethyl adjacent to an activating group) is 2. The zero-order valence-corrected chi connectivity index (χ0v) is 29.1. The van der Waals surface area contributed by atoms with Gasteiger partial charge in [-0.25, -0.2) is 13.1 Å². The van der Waals surface area contributed by atoms with Crippen molar-refractivity contribution >= 4 is 33.2 Å². The highest BCUT2D eigenvalue weighted by atomic mass is 32.2. The lowest BCUT2D eigenvalue weighted by atomic mass is 9.86. The molecule has 0 aliphatic carbocycles. The zero-order chi connectivity index (χ0) is 34.7. The van der Waals surface area contributed by atoms with Crippen molar-refractivity contribution in [2.24, 2.45) is 0 Å². The Balaban J connectivity index is 1.64. The molecule has 0 aliphatic heterocycles. The molecule has 250 valence electrons. The van der Waals surface area contributed by atoms with Crippen molar-refractivity contribution in [2.45, 2.75) is 39.2 Å². The topological polar surface area (TPSA) is 139 Å². The van der Waals surface area contributed by atoms with Gasteiger partial charge in [-0.2, -0.15) is 0 Å². The summed E-state index contributed by atoms with van der Waals surface area (Å²) in [7, 11) is 3.44. The average Bonchev–Trinajstić information content (AvgIpc) is 3.48. The predicted octanol–water partition coefficient (Wildman–Crippen LogP) is 4.88. The van der Waals surface area contributed by atoms with E-state index < -0.39 is 15.9 Å². The van der Waals surface area contributed by atoms with Gasteiger partial charge in [0, 0.05) is 19.2 Å². The van der Waals surface area contributed by atoms with Gasteiger partial charge in [-0.15, -0.1) is 5.10 Å². The number of hydrogen-bond donors (Lipinski definition) is 2. The molecule has 0 radical (unpaired) electrons. The number of ether oxygens (including phenoxy) is 1. The predicted molar refractivity (Wildman–Crippen MR) is 184 cm³/mol. The van der Waals surface area contributed by atoms with Gasteiger partial charge in [0.25, 0.3) is 11.8 Å². The SMILES string of the molecule is COc1c(NC(=O)c2ccc(C)c(-n3cc(C(=O)N(C)C(CN(C)C)c4ccccc4)nn3)c2)cc(C(C)(C)C)cc1NS(C)(=O)=O. The molecule has 0 saturated carbocycles. The van der Waals surface area contributed by atoms with Crippen LogP contribution in [0.4, 0.5) is 11.4 Å². The molecule has 0 saturated heterocycles. The van der Waals surface area contributed by atoms with E-state index in [0.29, 0.717) is 23.5 Å². The minimum absolute atomic E-state index is 0.163. The van der Waals surface area contributed by atoms with Gasteiger partial charge in [0.1, 0.15) is 0 Å². The third-order valence-corrected chi connectivity index (χ3v) is 8.23. The van der Waals surface area contributed by atoms with E-state index >= 15 is 0 Å². The first-order chi connectivity index (χ1) is 22.0. The molecule has 4 rings (SSSR count). The number of methoxy groups -OCH3 is 1. The number of carbonyl (C=O) groups is 2. The van der Waals surface area contributed by atoms with Crippen LogP contribution in [-0.2, 0) is 15.4 Å². The highest BCUT2D eigenvalue weighted by Crippen LogP contribution is 2.39. The van der Waals surface area contributed by atoms with Crippen LogP contribution in [0.15, 0.2) is 66.9 Å². The van der Waals surface area contributed by atoms with Crippen LogP contribution in [0.2, 0.25) is 0 Å². The molecule has 0 aliphatic rings. The fraction of sp³-hybridized carbons (Fsp3) is 0.353. The fourth-order valence-corrected chi connectivity index (χ4v) is 5.67. The molecule has 0 bridgehead atoms. The van der Waals surface area contributed by atoms with Crippen LogP contribution in [0.3, 0.4) is 0 Å². The van der Waals surface area contributed by atoms with E-state index in [1.54, 1.807) is 48.5 Å². The summed E-state index contributed by atoms with van der Waals surface area (Å²) in [6, 6.07) is 18.2. The Morgan fingerprint density at radius 1 is 1.00 bits per heavy atom. The average molecular weight is 662 g/mol. The molecule has 1 heterocycles. The number of anilines is 2. The van der Waals surface area contributed by atoms with Crippen LogP contribution < -0.4 is 14.8 Å². The lowest BCUT2D eigenvalue weighted by Gasteiger charge is -2.30. The monoisotopic (exact) mass is 661 g/mol. The number of benzene rings is 3. The van der Waals surface area contributed by atoms with Crippen molar-refractivity contribution in [1.29, 1.82) is 0 Å². The summed E-state index contributed by atoms with van der Waals surface area (Å²) >= 11 is 0. The molecule has 3 aromatic carbocycles. The maximum absolute atomic E-state index is 13.6. The van der Waals surface area contributed by atoms with Crippen LogP contribution in [0.25, 0.3) is 5.69 Å². The van der Waals surface area contributed by atoms with Crippen molar-refractivity contribution in [3.05, 3.63) is 94.8 Å². The molecule has 0 fully saturated rings. The number of amides is 2. The number of aromatic nitrogens is 3. The highest BCUT2D eigenvalue weighted by molar-refractivity contribution is 7.92. The third-order valence-electron chi connectivity index (χ3n) is 7.64. The van der Waals surface area contributed by atoms with Crippen molar-refractivity contribution in [3.63, 3.8) is 0 Å². The second-order valence-corrected chi connectivity index (χ2v) is 14.6. The van der Waals surface area contributed by atoms with Gasteiger partial charge in [0.2, 0.25) is 10.0 Å². The minimum atomic E-state index is -3.63. The summed E-state index contributed by atoms with van der Waals surface area (Å²) in [6.45, 7) is 8.43. The molecular weight excluding hydrogens is 618 g/mol. The van der Waals surface area contributed by atoms with Crippen LogP contribution in [-0.4, -0.2) is 86.1 Å². The summed E-state index contributed by atoms with van der Waals surface area (Å²) in [6.07, 6.45) is 2.61. The summed E-state index contributed by atoms with van der Waals surface area (Å²) in [5.41, 5.74) is 3.79. The number of nitrogens with zero attached hydrogens (tertiary/aromatic N) is 5. The van der Waals surface area contributed by atoms with Gasteiger partial charge >= 0.3 is 0 Å². The second-order valence-electron chi connectivity index (χ2n) is 12.8. The second kappa shape index (κ2) is 13.9. The molecule has 47 heavy (non-hydrogen) atoms. The third kappa shape index (κ3) is 8.54. The maximum atomic E-state index is 13.6. The molecule has 13 heteroatoms. The van der Waals surface area contributed by atoms with Crippen LogP contribution in [0, 0.1) is 6.92 Å². The largest absolute Gasteiger partial charge is 0.492 e. The van der Waals surface area contributed by atoms with E-state index in [9.17, 15) is 18.0 Å². The Bertz CT molecular complexity index is 1870. The van der Waals surface area contributed by atoms with Crippen molar-refractivity contribution in [3.8, 4) is 11.4 Å².